The van der Waals surface area contributed by atoms with E-state index in [1.165, 1.54) is 6.92 Å². The molecule has 0 aliphatic heterocycles. The summed E-state index contributed by atoms with van der Waals surface area (Å²) in [5.74, 6) is -0.0911. The normalized spacial score (nSPS) is 11.7. The number of nitrogens with one attached hydrogen (secondary N) is 1. The summed E-state index contributed by atoms with van der Waals surface area (Å²) in [6, 6.07) is 17.4. The van der Waals surface area contributed by atoms with Gasteiger partial charge in [0.05, 0.1) is 6.04 Å². The van der Waals surface area contributed by atoms with Gasteiger partial charge in [0.25, 0.3) is 0 Å². The fourth-order valence-electron chi connectivity index (χ4n) is 2.88. The molecule has 1 N–H and O–H groups in total. The molecule has 0 aliphatic rings. The van der Waals surface area contributed by atoms with Crippen molar-refractivity contribution in [1.29, 1.82) is 0 Å². The summed E-state index contributed by atoms with van der Waals surface area (Å²) in [6.07, 6.45) is 1.01. The van der Waals surface area contributed by atoms with Gasteiger partial charge in [0.15, 0.2) is 0 Å². The van der Waals surface area contributed by atoms with Gasteiger partial charge in [0.2, 0.25) is 11.8 Å². The highest BCUT2D eigenvalue weighted by atomic mass is 35.5. The standard InChI is InChI=1S/C21H25ClN2O2/c1-16(19-8-4-3-5-9-19)24(17(2)25)14-12-21(26)23-13-11-18-7-6-10-20(22)15-18/h3-10,15-16H,11-14H2,1-2H3,(H,23,26). The first-order valence-electron chi connectivity index (χ1n) is 8.80. The minimum atomic E-state index is -0.0621. The Morgan fingerprint density at radius 3 is 2.50 bits per heavy atom. The number of halogens is 1. The smallest absolute Gasteiger partial charge is 0.221 e. The van der Waals surface area contributed by atoms with Crippen molar-refractivity contribution in [2.75, 3.05) is 13.1 Å². The molecule has 2 amide bonds. The van der Waals surface area contributed by atoms with E-state index >= 15 is 0 Å². The minimum Gasteiger partial charge on any atom is -0.356 e. The van der Waals surface area contributed by atoms with Gasteiger partial charge in [-0.2, -0.15) is 0 Å². The Labute approximate surface area is 160 Å². The van der Waals surface area contributed by atoms with Crippen molar-refractivity contribution in [2.45, 2.75) is 32.7 Å². The van der Waals surface area contributed by atoms with E-state index in [0.717, 1.165) is 17.5 Å². The Bertz CT molecular complexity index is 734. The van der Waals surface area contributed by atoms with Crippen LogP contribution >= 0.6 is 11.6 Å². The van der Waals surface area contributed by atoms with Crippen LogP contribution in [-0.4, -0.2) is 29.8 Å². The van der Waals surface area contributed by atoms with Gasteiger partial charge in [-0.15, -0.1) is 0 Å². The van der Waals surface area contributed by atoms with E-state index in [1.54, 1.807) is 4.90 Å². The molecule has 0 fully saturated rings. The van der Waals surface area contributed by atoms with Crippen molar-refractivity contribution in [2.24, 2.45) is 0 Å². The largest absolute Gasteiger partial charge is 0.356 e. The molecular formula is C21H25ClN2O2. The van der Waals surface area contributed by atoms with Crippen LogP contribution in [0.3, 0.4) is 0 Å². The van der Waals surface area contributed by atoms with Crippen LogP contribution in [0.2, 0.25) is 5.02 Å². The lowest BCUT2D eigenvalue weighted by Gasteiger charge is -2.28. The maximum Gasteiger partial charge on any atom is 0.221 e. The maximum atomic E-state index is 12.1. The summed E-state index contributed by atoms with van der Waals surface area (Å²) < 4.78 is 0. The molecule has 0 bridgehead atoms. The Kier molecular flexibility index (Phi) is 7.67. The first-order valence-corrected chi connectivity index (χ1v) is 9.18. The Morgan fingerprint density at radius 1 is 1.12 bits per heavy atom. The molecular weight excluding hydrogens is 348 g/mol. The van der Waals surface area contributed by atoms with E-state index in [9.17, 15) is 9.59 Å². The highest BCUT2D eigenvalue weighted by molar-refractivity contribution is 6.30. The van der Waals surface area contributed by atoms with Gasteiger partial charge in [-0.25, -0.2) is 0 Å². The Morgan fingerprint density at radius 2 is 1.85 bits per heavy atom. The van der Waals surface area contributed by atoms with Crippen LogP contribution in [0.15, 0.2) is 54.6 Å². The summed E-state index contributed by atoms with van der Waals surface area (Å²) in [4.78, 5) is 25.8. The molecule has 2 aromatic carbocycles. The molecule has 2 rings (SSSR count). The third-order valence-electron chi connectivity index (χ3n) is 4.36. The van der Waals surface area contributed by atoms with E-state index in [4.69, 9.17) is 11.6 Å². The predicted molar refractivity (Wildman–Crippen MR) is 105 cm³/mol. The van der Waals surface area contributed by atoms with E-state index in [0.29, 0.717) is 18.1 Å². The van der Waals surface area contributed by atoms with Gasteiger partial charge in [-0.05, 0) is 36.6 Å². The van der Waals surface area contributed by atoms with Gasteiger partial charge in [-0.1, -0.05) is 54.1 Å². The second-order valence-corrected chi connectivity index (χ2v) is 6.72. The molecule has 0 aliphatic carbocycles. The lowest BCUT2D eigenvalue weighted by molar-refractivity contribution is -0.131. The number of nitrogens with zero attached hydrogens (tertiary/aromatic N) is 1. The third kappa shape index (κ3) is 6.19. The lowest BCUT2D eigenvalue weighted by Crippen LogP contribution is -2.36. The molecule has 0 spiro atoms. The van der Waals surface area contributed by atoms with Gasteiger partial charge < -0.3 is 10.2 Å². The molecule has 26 heavy (non-hydrogen) atoms. The summed E-state index contributed by atoms with van der Waals surface area (Å²) in [5, 5.41) is 3.60. The summed E-state index contributed by atoms with van der Waals surface area (Å²) in [6.45, 7) is 4.46. The van der Waals surface area contributed by atoms with Crippen LogP contribution in [0.1, 0.15) is 37.4 Å². The third-order valence-corrected chi connectivity index (χ3v) is 4.59. The summed E-state index contributed by atoms with van der Waals surface area (Å²) >= 11 is 5.96. The molecule has 4 nitrogen and oxygen atoms in total. The molecule has 5 heteroatoms. The first kappa shape index (κ1) is 20.0. The molecule has 0 heterocycles. The van der Waals surface area contributed by atoms with Crippen LogP contribution in [0, 0.1) is 0 Å². The van der Waals surface area contributed by atoms with Gasteiger partial charge >= 0.3 is 0 Å². The van der Waals surface area contributed by atoms with E-state index in [2.05, 4.69) is 5.32 Å². The van der Waals surface area contributed by atoms with Gasteiger partial charge in [0.1, 0.15) is 0 Å². The van der Waals surface area contributed by atoms with Crippen molar-refractivity contribution < 1.29 is 9.59 Å². The highest BCUT2D eigenvalue weighted by Gasteiger charge is 2.19. The molecule has 0 saturated heterocycles. The van der Waals surface area contributed by atoms with Gasteiger partial charge in [-0.3, -0.25) is 9.59 Å². The fourth-order valence-corrected chi connectivity index (χ4v) is 3.10. The molecule has 2 aromatic rings. The second-order valence-electron chi connectivity index (χ2n) is 6.28. The first-order chi connectivity index (χ1) is 12.5. The Balaban J connectivity index is 1.81. The number of carbonyl (C=O) groups excluding carboxylic acids is 2. The van der Waals surface area contributed by atoms with Crippen LogP contribution in [0.5, 0.6) is 0 Å². The van der Waals surface area contributed by atoms with E-state index in [1.807, 2.05) is 61.5 Å². The monoisotopic (exact) mass is 372 g/mol. The molecule has 0 aromatic heterocycles. The average Bonchev–Trinajstić information content (AvgIpc) is 2.62. The lowest BCUT2D eigenvalue weighted by atomic mass is 10.1. The number of hydrogen-bond donors (Lipinski definition) is 1. The molecule has 0 radical (unpaired) electrons. The van der Waals surface area contributed by atoms with Crippen molar-refractivity contribution in [3.05, 3.63) is 70.7 Å². The zero-order valence-corrected chi connectivity index (χ0v) is 16.0. The number of hydrogen-bond acceptors (Lipinski definition) is 2. The average molecular weight is 373 g/mol. The van der Waals surface area contributed by atoms with Crippen LogP contribution in [-0.2, 0) is 16.0 Å². The number of benzene rings is 2. The molecule has 0 saturated carbocycles. The van der Waals surface area contributed by atoms with Crippen molar-refractivity contribution in [3.8, 4) is 0 Å². The van der Waals surface area contributed by atoms with Crippen molar-refractivity contribution >= 4 is 23.4 Å². The Hall–Kier alpha value is -2.33. The molecule has 1 atom stereocenters. The van der Waals surface area contributed by atoms with Gasteiger partial charge in [0, 0.05) is 31.5 Å². The minimum absolute atomic E-state index is 0.0342. The van der Waals surface area contributed by atoms with Crippen LogP contribution in [0.4, 0.5) is 0 Å². The van der Waals surface area contributed by atoms with E-state index < -0.39 is 0 Å². The summed E-state index contributed by atoms with van der Waals surface area (Å²) in [7, 11) is 0. The van der Waals surface area contributed by atoms with Crippen LogP contribution < -0.4 is 5.32 Å². The number of rotatable bonds is 8. The molecule has 1 unspecified atom stereocenters. The number of carbonyl (C=O) groups is 2. The predicted octanol–water partition coefficient (Wildman–Crippen LogP) is 4.00. The second kappa shape index (κ2) is 9.97. The SMILES string of the molecule is CC(=O)N(CCC(=O)NCCc1cccc(Cl)c1)C(C)c1ccccc1. The zero-order chi connectivity index (χ0) is 18.9. The summed E-state index contributed by atoms with van der Waals surface area (Å²) in [5.41, 5.74) is 2.14. The number of amides is 2. The van der Waals surface area contributed by atoms with Crippen molar-refractivity contribution in [3.63, 3.8) is 0 Å². The molecule has 138 valence electrons. The zero-order valence-electron chi connectivity index (χ0n) is 15.2. The quantitative estimate of drug-likeness (QED) is 0.761. The highest BCUT2D eigenvalue weighted by Crippen LogP contribution is 2.20. The topological polar surface area (TPSA) is 49.4 Å². The maximum absolute atomic E-state index is 12.1. The van der Waals surface area contributed by atoms with Crippen LogP contribution in [0.25, 0.3) is 0 Å². The fraction of sp³-hybridized carbons (Fsp3) is 0.333. The van der Waals surface area contributed by atoms with E-state index in [-0.39, 0.29) is 24.3 Å². The van der Waals surface area contributed by atoms with Crippen molar-refractivity contribution in [1.82, 2.24) is 10.2 Å².